The summed E-state index contributed by atoms with van der Waals surface area (Å²) in [5, 5.41) is 46.2. The molecular formula is C59H66ClN6O15+. The molecule has 3 heterocycles. The number of anilines is 4. The first kappa shape index (κ1) is 58.7. The lowest BCUT2D eigenvalue weighted by atomic mass is 9.89. The number of carboxylic acid groups (broad SMARTS) is 4. The van der Waals surface area contributed by atoms with Gasteiger partial charge in [-0.2, -0.15) is 0 Å². The average molecular weight is 1130 g/mol. The number of hydrogen-bond donors (Lipinski definition) is 6. The third-order valence-corrected chi connectivity index (χ3v) is 14.1. The van der Waals surface area contributed by atoms with Crippen molar-refractivity contribution in [3.63, 3.8) is 0 Å². The second kappa shape index (κ2) is 28.1. The van der Waals surface area contributed by atoms with Crippen LogP contribution in [0, 0.1) is 5.92 Å². The van der Waals surface area contributed by atoms with E-state index in [1.54, 1.807) is 55.6 Å². The fourth-order valence-corrected chi connectivity index (χ4v) is 9.81. The van der Waals surface area contributed by atoms with Crippen LogP contribution in [0.1, 0.15) is 52.8 Å². The number of unbranched alkanes of at least 4 members (excludes halogenated alkanes) is 3. The number of carbonyl (C=O) groups excluding carboxylic acids is 2. The highest BCUT2D eigenvalue weighted by atomic mass is 35.5. The van der Waals surface area contributed by atoms with Crippen LogP contribution in [-0.2, 0) is 28.7 Å². The average Bonchev–Trinajstić information content (AvgIpc) is 3.49. The second-order valence-electron chi connectivity index (χ2n) is 19.7. The SMILES string of the molecule is CN(CC(=O)O)c1ccc(NC(=O)C2C[N+](=c3ccc4c(-c5cc(C(=O)NCCOCCOCCCCCCCl)ccc5C(=O)O)c5ccc(N6CCC6)cc5oc-4c3)C2)cc1OCCOc1ccccc1N(CC(=O)O)CC(=O)O. The van der Waals surface area contributed by atoms with Crippen LogP contribution in [-0.4, -0.2) is 161 Å². The summed E-state index contributed by atoms with van der Waals surface area (Å²) in [4.78, 5) is 79.9. The van der Waals surface area contributed by atoms with Crippen molar-refractivity contribution < 1.29 is 72.6 Å². The van der Waals surface area contributed by atoms with Crippen LogP contribution in [0.5, 0.6) is 11.5 Å². The van der Waals surface area contributed by atoms with Crippen LogP contribution in [0.3, 0.4) is 0 Å². The van der Waals surface area contributed by atoms with Gasteiger partial charge in [-0.05, 0) is 85.5 Å². The fourth-order valence-electron chi connectivity index (χ4n) is 9.62. The van der Waals surface area contributed by atoms with Crippen LogP contribution in [0.15, 0.2) is 101 Å². The molecule has 0 aromatic heterocycles. The number of likely N-dealkylation sites (N-methyl/N-ethyl adjacent to an activating group) is 1. The van der Waals surface area contributed by atoms with Crippen molar-refractivity contribution in [3.05, 3.63) is 114 Å². The molecule has 1 aliphatic carbocycles. The monoisotopic (exact) mass is 1130 g/mol. The van der Waals surface area contributed by atoms with E-state index >= 15 is 0 Å². The molecule has 2 saturated heterocycles. The minimum absolute atomic E-state index is 0.00486. The Morgan fingerprint density at radius 3 is 2.12 bits per heavy atom. The molecule has 8 rings (SSSR count). The number of nitrogens with one attached hydrogen (secondary N) is 2. The molecule has 3 aliphatic heterocycles. The van der Waals surface area contributed by atoms with Gasteiger partial charge in [-0.25, -0.2) is 9.37 Å². The molecule has 81 heavy (non-hydrogen) atoms. The maximum absolute atomic E-state index is 13.8. The number of alkyl halides is 1. The third kappa shape index (κ3) is 15.5. The Balaban J connectivity index is 0.975. The number of hydrogen-bond acceptors (Lipinski definition) is 14. The Kier molecular flexibility index (Phi) is 20.4. The lowest BCUT2D eigenvalue weighted by Gasteiger charge is -2.33. The highest BCUT2D eigenvalue weighted by Gasteiger charge is 2.38. The lowest BCUT2D eigenvalue weighted by molar-refractivity contribution is -0.137. The maximum atomic E-state index is 13.8. The number of rotatable bonds is 31. The van der Waals surface area contributed by atoms with E-state index in [1.807, 2.05) is 41.0 Å². The quantitative estimate of drug-likeness (QED) is 0.0115. The molecule has 0 unspecified atom stereocenters. The second-order valence-corrected chi connectivity index (χ2v) is 20.0. The minimum Gasteiger partial charge on any atom is -0.488 e. The number of halogens is 1. The molecule has 4 aliphatic rings. The molecule has 6 N–H and O–H groups in total. The number of fused-ring (bicyclic) bond motifs is 2. The smallest absolute Gasteiger partial charge is 0.336 e. The zero-order valence-corrected chi connectivity index (χ0v) is 45.7. The van der Waals surface area contributed by atoms with Crippen molar-refractivity contribution in [1.82, 2.24) is 9.89 Å². The van der Waals surface area contributed by atoms with Crippen LogP contribution >= 0.6 is 11.6 Å². The van der Waals surface area contributed by atoms with Crippen LogP contribution in [0.2, 0.25) is 0 Å². The summed E-state index contributed by atoms with van der Waals surface area (Å²) in [5.74, 6) is -4.18. The Morgan fingerprint density at radius 1 is 0.704 bits per heavy atom. The van der Waals surface area contributed by atoms with Crippen molar-refractivity contribution in [2.45, 2.75) is 32.1 Å². The Bertz CT molecular complexity index is 3270. The first-order valence-electron chi connectivity index (χ1n) is 26.8. The van der Waals surface area contributed by atoms with Crippen molar-refractivity contribution in [2.24, 2.45) is 5.92 Å². The van der Waals surface area contributed by atoms with E-state index in [-0.39, 0.29) is 67.1 Å². The Morgan fingerprint density at radius 2 is 1.42 bits per heavy atom. The molecule has 22 heteroatoms. The molecular weight excluding hydrogens is 1070 g/mol. The fraction of sp³-hybridized carbons (Fsp3) is 0.373. The molecule has 21 nitrogen and oxygen atoms in total. The largest absolute Gasteiger partial charge is 0.488 e. The minimum atomic E-state index is -1.23. The van der Waals surface area contributed by atoms with Gasteiger partial charge in [-0.3, -0.25) is 24.0 Å². The predicted octanol–water partition coefficient (Wildman–Crippen LogP) is 6.67. The number of ether oxygens (including phenoxy) is 4. The number of carboxylic acids is 4. The first-order chi connectivity index (χ1) is 39.2. The Labute approximate surface area is 472 Å². The molecule has 0 radical (unpaired) electrons. The summed E-state index contributed by atoms with van der Waals surface area (Å²) >= 11 is 5.74. The number of para-hydroxylation sites is 2. The van der Waals surface area contributed by atoms with E-state index in [4.69, 9.17) is 35.0 Å². The normalized spacial score (nSPS) is 13.7. The summed E-state index contributed by atoms with van der Waals surface area (Å²) in [7, 11) is 1.58. The van der Waals surface area contributed by atoms with Gasteiger partial charge in [-0.15, -0.1) is 11.6 Å². The van der Waals surface area contributed by atoms with Crippen molar-refractivity contribution in [3.8, 4) is 33.9 Å². The number of benzene rings is 5. The van der Waals surface area contributed by atoms with Crippen LogP contribution < -0.4 is 44.7 Å². The van der Waals surface area contributed by atoms with Gasteiger partial charge in [0.25, 0.3) is 5.91 Å². The van der Waals surface area contributed by atoms with E-state index in [1.165, 1.54) is 17.0 Å². The first-order valence-corrected chi connectivity index (χ1v) is 27.3. The number of aromatic carboxylic acids is 1. The lowest BCUT2D eigenvalue weighted by Crippen LogP contribution is -2.53. The van der Waals surface area contributed by atoms with Gasteiger partial charge in [0.1, 0.15) is 55.7 Å². The van der Waals surface area contributed by atoms with Crippen LogP contribution in [0.25, 0.3) is 33.4 Å². The number of nitrogens with zero attached hydrogens (tertiary/aromatic N) is 4. The highest BCUT2D eigenvalue weighted by Crippen LogP contribution is 2.43. The van der Waals surface area contributed by atoms with Gasteiger partial charge in [0.05, 0.1) is 42.8 Å². The van der Waals surface area contributed by atoms with Gasteiger partial charge < -0.3 is 69.1 Å². The van der Waals surface area contributed by atoms with Gasteiger partial charge in [0, 0.05) is 90.8 Å². The van der Waals surface area contributed by atoms with E-state index in [2.05, 4.69) is 15.5 Å². The van der Waals surface area contributed by atoms with Crippen molar-refractivity contribution in [2.75, 3.05) is 125 Å². The summed E-state index contributed by atoms with van der Waals surface area (Å²) in [6.45, 7) is 2.81. The van der Waals surface area contributed by atoms with Crippen molar-refractivity contribution >= 4 is 81.0 Å². The van der Waals surface area contributed by atoms with Crippen molar-refractivity contribution in [1.29, 1.82) is 0 Å². The summed E-state index contributed by atoms with van der Waals surface area (Å²) in [5.41, 5.74) is 4.37. The molecule has 0 bridgehead atoms. The van der Waals surface area contributed by atoms with Gasteiger partial charge in [-0.1, -0.05) is 25.0 Å². The topological polar surface area (TPSA) is 270 Å². The number of aliphatic carboxylic acids is 3. The highest BCUT2D eigenvalue weighted by molar-refractivity contribution is 6.17. The molecule has 428 valence electrons. The molecule has 0 atom stereocenters. The van der Waals surface area contributed by atoms with E-state index in [0.717, 1.165) is 61.1 Å². The summed E-state index contributed by atoms with van der Waals surface area (Å²) in [6.07, 6.45) is 5.16. The summed E-state index contributed by atoms with van der Waals surface area (Å²) < 4.78 is 32.0. The molecule has 4 aromatic carbocycles. The molecule has 2 fully saturated rings. The zero-order valence-electron chi connectivity index (χ0n) is 44.9. The summed E-state index contributed by atoms with van der Waals surface area (Å²) in [6, 6.07) is 27.3. The van der Waals surface area contributed by atoms with Gasteiger partial charge in [0.2, 0.25) is 11.3 Å². The maximum Gasteiger partial charge on any atom is 0.336 e. The van der Waals surface area contributed by atoms with Gasteiger partial charge in [0.15, 0.2) is 19.0 Å². The van der Waals surface area contributed by atoms with E-state index < -0.39 is 48.8 Å². The molecule has 0 saturated carbocycles. The van der Waals surface area contributed by atoms with Crippen LogP contribution in [0.4, 0.5) is 22.7 Å². The molecule has 2 amide bonds. The third-order valence-electron chi connectivity index (χ3n) is 13.9. The number of amides is 2. The molecule has 4 aromatic rings. The number of carbonyl (C=O) groups is 6. The Hall–Kier alpha value is -8.40. The molecule has 0 spiro atoms. The van der Waals surface area contributed by atoms with E-state index in [0.29, 0.717) is 83.6 Å². The predicted molar refractivity (Wildman–Crippen MR) is 305 cm³/mol. The van der Waals surface area contributed by atoms with E-state index in [9.17, 15) is 49.2 Å². The standard InChI is InChI=1S/C59H65ClN6O15/c1-63(35-53(67)68)47-18-12-40(30-52(47)80-28-27-79-49-10-5-4-9-48(49)66(36-54(69)70)37-55(71)72)62-58(74)39-33-65(34-39)42-14-17-45-51(32-42)81-50-31-41(64-21-8-22-64)13-16-44(50)56(45)46-29-38(11-15-43(46)59(75)76)57(73)61-20-24-78-26-25-77-23-7-3-2-6-19-60/h4-5,9-18,29-32,39H,2-3,6-8,19-28,33-37H2,1H3,(H5-,61,62,67,68,69,70,71,72,73,74,75,76)/p+1. The van der Waals surface area contributed by atoms with Gasteiger partial charge >= 0.3 is 23.9 Å². The zero-order chi connectivity index (χ0) is 57.4.